The van der Waals surface area contributed by atoms with Crippen molar-refractivity contribution in [2.75, 3.05) is 70.4 Å². The van der Waals surface area contributed by atoms with Crippen molar-refractivity contribution >= 4 is 35.1 Å². The highest BCUT2D eigenvalue weighted by Crippen LogP contribution is 2.20. The number of carbonyl (C=O) groups is 2. The standard InChI is InChI=1S/C37H61ClN8O7/c1-3-4-5-8-14-45(22-28(48)32(51)33(52)29(49)23-47)15-13-30(50)46-16-11-25(12-17-46)19-41-20-26(18-27-10-7-6-9-24(27)2)21-42-37(53)31-35(39)44-36(40)34(38)43-31/h6-7,9-10,25-26,28-29,32-33,41,47-49,51-52H,3-5,8,11-23H2,1-2H3,(H,42,53)(H4,39,40,44). The number of carbonyl (C=O) groups excluding carboxylic acids is 2. The summed E-state index contributed by atoms with van der Waals surface area (Å²) in [6.07, 6.45) is 0.441. The molecule has 2 aromatic rings. The summed E-state index contributed by atoms with van der Waals surface area (Å²) in [4.78, 5) is 37.9. The molecule has 0 bridgehead atoms. The molecule has 1 aliphatic rings. The highest BCUT2D eigenvalue weighted by atomic mass is 35.5. The zero-order valence-electron chi connectivity index (χ0n) is 31.2. The lowest BCUT2D eigenvalue weighted by Crippen LogP contribution is -2.50. The summed E-state index contributed by atoms with van der Waals surface area (Å²) < 4.78 is 0. The predicted molar refractivity (Wildman–Crippen MR) is 205 cm³/mol. The summed E-state index contributed by atoms with van der Waals surface area (Å²) in [5.74, 6) is -0.133. The smallest absolute Gasteiger partial charge is 0.273 e. The SMILES string of the molecule is CCCCCCN(CCC(=O)N1CCC(CNCC(CNC(=O)c2nc(Cl)c(N)nc2N)Cc2ccccc2C)CC1)CC(O)C(O)C(O)C(O)CO. The number of nitrogens with one attached hydrogen (secondary N) is 2. The zero-order valence-corrected chi connectivity index (χ0v) is 31.9. The number of unbranched alkanes of at least 4 members (excludes halogenated alkanes) is 3. The quantitative estimate of drug-likeness (QED) is 0.0710. The molecule has 2 heterocycles. The second kappa shape index (κ2) is 22.9. The van der Waals surface area contributed by atoms with Crippen LogP contribution in [0.1, 0.15) is 73.5 Å². The summed E-state index contributed by atoms with van der Waals surface area (Å²) in [6, 6.07) is 8.16. The van der Waals surface area contributed by atoms with Crippen LogP contribution in [0.15, 0.2) is 24.3 Å². The monoisotopic (exact) mass is 764 g/mol. The van der Waals surface area contributed by atoms with Gasteiger partial charge in [0.15, 0.2) is 22.5 Å². The molecule has 1 aromatic carbocycles. The van der Waals surface area contributed by atoms with Crippen molar-refractivity contribution in [3.63, 3.8) is 0 Å². The molecule has 11 N–H and O–H groups in total. The first-order valence-corrected chi connectivity index (χ1v) is 19.2. The van der Waals surface area contributed by atoms with E-state index in [2.05, 4.69) is 46.6 Å². The molecule has 0 aliphatic carbocycles. The van der Waals surface area contributed by atoms with E-state index < -0.39 is 36.9 Å². The van der Waals surface area contributed by atoms with Crippen molar-refractivity contribution in [3.8, 4) is 0 Å². The van der Waals surface area contributed by atoms with Crippen LogP contribution in [0.25, 0.3) is 0 Å². The second-order valence-electron chi connectivity index (χ2n) is 14.2. The van der Waals surface area contributed by atoms with Gasteiger partial charge in [0.2, 0.25) is 5.91 Å². The minimum Gasteiger partial charge on any atom is -0.394 e. The van der Waals surface area contributed by atoms with Crippen LogP contribution in [0.3, 0.4) is 0 Å². The molecule has 0 saturated carbocycles. The number of hydrogen-bond donors (Lipinski definition) is 9. The van der Waals surface area contributed by atoms with Gasteiger partial charge in [-0.15, -0.1) is 0 Å². The lowest BCUT2D eigenvalue weighted by Gasteiger charge is -2.34. The third-order valence-electron chi connectivity index (χ3n) is 10.0. The van der Waals surface area contributed by atoms with Gasteiger partial charge in [-0.05, 0) is 75.2 Å². The topological polar surface area (TPSA) is 244 Å². The highest BCUT2D eigenvalue weighted by Gasteiger charge is 2.31. The van der Waals surface area contributed by atoms with E-state index in [1.807, 2.05) is 21.9 Å². The number of amides is 2. The maximum absolute atomic E-state index is 13.2. The summed E-state index contributed by atoms with van der Waals surface area (Å²) >= 11 is 5.98. The molecular formula is C37H61ClN8O7. The van der Waals surface area contributed by atoms with E-state index in [4.69, 9.17) is 28.2 Å². The molecule has 5 atom stereocenters. The molecular weight excluding hydrogens is 704 g/mol. The minimum atomic E-state index is -1.69. The summed E-state index contributed by atoms with van der Waals surface area (Å²) in [6.45, 7) is 7.55. The summed E-state index contributed by atoms with van der Waals surface area (Å²) in [7, 11) is 0. The van der Waals surface area contributed by atoms with Crippen molar-refractivity contribution in [2.45, 2.75) is 89.6 Å². The van der Waals surface area contributed by atoms with Crippen LogP contribution in [-0.2, 0) is 11.2 Å². The van der Waals surface area contributed by atoms with Gasteiger partial charge in [0.1, 0.15) is 18.3 Å². The van der Waals surface area contributed by atoms with Crippen LogP contribution in [0.5, 0.6) is 0 Å². The molecule has 53 heavy (non-hydrogen) atoms. The maximum Gasteiger partial charge on any atom is 0.273 e. The molecule has 2 amide bonds. The number of hydrogen-bond acceptors (Lipinski definition) is 13. The third-order valence-corrected chi connectivity index (χ3v) is 10.3. The van der Waals surface area contributed by atoms with E-state index in [9.17, 15) is 30.0 Å². The van der Waals surface area contributed by atoms with Crippen molar-refractivity contribution < 1.29 is 35.1 Å². The fraction of sp³-hybridized carbons (Fsp3) is 0.676. The molecule has 298 valence electrons. The Morgan fingerprint density at radius 3 is 2.36 bits per heavy atom. The molecule has 16 heteroatoms. The summed E-state index contributed by atoms with van der Waals surface area (Å²) in [5.41, 5.74) is 13.8. The molecule has 15 nitrogen and oxygen atoms in total. The van der Waals surface area contributed by atoms with Crippen molar-refractivity contribution in [2.24, 2.45) is 11.8 Å². The summed E-state index contributed by atoms with van der Waals surface area (Å²) in [5, 5.41) is 56.2. The number of nitrogen functional groups attached to an aromatic ring is 2. The molecule has 0 radical (unpaired) electrons. The zero-order chi connectivity index (χ0) is 38.9. The van der Waals surface area contributed by atoms with E-state index in [0.717, 1.165) is 51.5 Å². The Balaban J connectivity index is 1.49. The fourth-order valence-electron chi connectivity index (χ4n) is 6.58. The number of piperidine rings is 1. The number of anilines is 2. The van der Waals surface area contributed by atoms with Crippen molar-refractivity contribution in [3.05, 3.63) is 46.2 Å². The fourth-order valence-corrected chi connectivity index (χ4v) is 6.71. The van der Waals surface area contributed by atoms with Crippen LogP contribution in [0.4, 0.5) is 11.6 Å². The minimum absolute atomic E-state index is 0.0237. The van der Waals surface area contributed by atoms with Crippen LogP contribution in [0.2, 0.25) is 5.15 Å². The average Bonchev–Trinajstić information content (AvgIpc) is 3.15. The van der Waals surface area contributed by atoms with E-state index in [-0.39, 0.29) is 47.3 Å². The first-order chi connectivity index (χ1) is 25.3. The van der Waals surface area contributed by atoms with Gasteiger partial charge in [-0.1, -0.05) is 62.1 Å². The molecule has 3 rings (SSSR count). The maximum atomic E-state index is 13.2. The number of aromatic nitrogens is 2. The second-order valence-corrected chi connectivity index (χ2v) is 14.6. The van der Waals surface area contributed by atoms with E-state index >= 15 is 0 Å². The molecule has 1 fully saturated rings. The van der Waals surface area contributed by atoms with Gasteiger partial charge in [0.05, 0.1) is 12.7 Å². The van der Waals surface area contributed by atoms with E-state index in [1.54, 1.807) is 0 Å². The van der Waals surface area contributed by atoms with Crippen LogP contribution >= 0.6 is 11.6 Å². The van der Waals surface area contributed by atoms with Crippen molar-refractivity contribution in [1.82, 2.24) is 30.4 Å². The first kappa shape index (κ1) is 44.2. The highest BCUT2D eigenvalue weighted by molar-refractivity contribution is 6.31. The lowest BCUT2D eigenvalue weighted by molar-refractivity contribution is -0.133. The predicted octanol–water partition coefficient (Wildman–Crippen LogP) is 0.728. The number of halogens is 1. The van der Waals surface area contributed by atoms with Crippen LogP contribution in [-0.4, -0.2) is 140 Å². The lowest BCUT2D eigenvalue weighted by atomic mass is 9.94. The van der Waals surface area contributed by atoms with Gasteiger partial charge in [0, 0.05) is 39.1 Å². The molecule has 5 unspecified atom stereocenters. The first-order valence-electron chi connectivity index (χ1n) is 18.8. The number of nitrogens with two attached hydrogens (primary N) is 2. The van der Waals surface area contributed by atoms with Gasteiger partial charge in [-0.2, -0.15) is 0 Å². The van der Waals surface area contributed by atoms with Crippen LogP contribution < -0.4 is 22.1 Å². The van der Waals surface area contributed by atoms with Gasteiger partial charge >= 0.3 is 0 Å². The Morgan fingerprint density at radius 2 is 1.68 bits per heavy atom. The molecule has 1 saturated heterocycles. The molecule has 0 spiro atoms. The molecule has 1 aromatic heterocycles. The number of nitrogens with zero attached hydrogens (tertiary/aromatic N) is 4. The number of aliphatic hydroxyl groups excluding tert-OH is 5. The number of benzene rings is 1. The largest absolute Gasteiger partial charge is 0.394 e. The Bertz CT molecular complexity index is 1420. The van der Waals surface area contributed by atoms with Crippen molar-refractivity contribution in [1.29, 1.82) is 0 Å². The average molecular weight is 765 g/mol. The van der Waals surface area contributed by atoms with Gasteiger partial charge in [-0.3, -0.25) is 9.59 Å². The van der Waals surface area contributed by atoms with Gasteiger partial charge in [0.25, 0.3) is 5.91 Å². The van der Waals surface area contributed by atoms with E-state index in [0.29, 0.717) is 45.2 Å². The molecule has 1 aliphatic heterocycles. The van der Waals surface area contributed by atoms with Gasteiger partial charge < -0.3 is 57.4 Å². The number of likely N-dealkylation sites (tertiary alicyclic amines) is 1. The normalized spacial score (nSPS) is 16.7. The number of rotatable bonds is 23. The Hall–Kier alpha value is -3.15. The Labute approximate surface area is 318 Å². The van der Waals surface area contributed by atoms with Gasteiger partial charge in [-0.25, -0.2) is 9.97 Å². The Kier molecular flexibility index (Phi) is 19.1. The van der Waals surface area contributed by atoms with Crippen LogP contribution in [0, 0.1) is 18.8 Å². The number of aliphatic hydroxyl groups is 5. The Morgan fingerprint density at radius 1 is 0.981 bits per heavy atom. The van der Waals surface area contributed by atoms with E-state index in [1.165, 1.54) is 11.1 Å². The third kappa shape index (κ3) is 14.5. The number of aryl methyl sites for hydroxylation is 1.